The highest BCUT2D eigenvalue weighted by atomic mass is 19.4. The summed E-state index contributed by atoms with van der Waals surface area (Å²) in [6, 6.07) is 3.57. The van der Waals surface area contributed by atoms with Gasteiger partial charge in [-0.3, -0.25) is 4.98 Å². The van der Waals surface area contributed by atoms with Crippen molar-refractivity contribution in [1.82, 2.24) is 10.3 Å². The maximum absolute atomic E-state index is 11.8. The van der Waals surface area contributed by atoms with Crippen LogP contribution in [0.25, 0.3) is 0 Å². The first-order chi connectivity index (χ1) is 6.49. The molecule has 0 aliphatic carbocycles. The van der Waals surface area contributed by atoms with E-state index in [2.05, 4.69) is 10.3 Å². The van der Waals surface area contributed by atoms with E-state index in [-0.39, 0.29) is 6.54 Å². The van der Waals surface area contributed by atoms with Gasteiger partial charge in [0.1, 0.15) is 0 Å². The second kappa shape index (κ2) is 4.41. The lowest BCUT2D eigenvalue weighted by molar-refractivity contribution is -0.125. The Balaban J connectivity index is 2.43. The van der Waals surface area contributed by atoms with Gasteiger partial charge in [-0.1, -0.05) is 6.07 Å². The van der Waals surface area contributed by atoms with Crippen molar-refractivity contribution >= 4 is 0 Å². The van der Waals surface area contributed by atoms with Crippen LogP contribution in [0, 0.1) is 6.92 Å². The van der Waals surface area contributed by atoms with E-state index in [9.17, 15) is 13.2 Å². The minimum absolute atomic E-state index is 0.145. The molecule has 1 heterocycles. The Morgan fingerprint density at radius 2 is 2.14 bits per heavy atom. The van der Waals surface area contributed by atoms with Crippen LogP contribution in [-0.4, -0.2) is 17.7 Å². The van der Waals surface area contributed by atoms with Gasteiger partial charge in [0, 0.05) is 12.7 Å². The predicted molar refractivity (Wildman–Crippen MR) is 46.7 cm³/mol. The fourth-order valence-electron chi connectivity index (χ4n) is 1.03. The molecule has 0 unspecified atom stereocenters. The Morgan fingerprint density at radius 1 is 1.43 bits per heavy atom. The highest BCUT2D eigenvalue weighted by Gasteiger charge is 2.26. The Morgan fingerprint density at radius 3 is 2.71 bits per heavy atom. The Bertz CT molecular complexity index is 296. The molecule has 0 amide bonds. The van der Waals surface area contributed by atoms with Gasteiger partial charge in [0.15, 0.2) is 0 Å². The summed E-state index contributed by atoms with van der Waals surface area (Å²) >= 11 is 0. The van der Waals surface area contributed by atoms with Crippen molar-refractivity contribution in [2.24, 2.45) is 0 Å². The van der Waals surface area contributed by atoms with Gasteiger partial charge in [-0.2, -0.15) is 13.2 Å². The molecule has 78 valence electrons. The Kier molecular flexibility index (Phi) is 3.46. The Labute approximate surface area is 80.2 Å². The zero-order valence-corrected chi connectivity index (χ0v) is 7.73. The maximum atomic E-state index is 11.8. The number of pyridine rings is 1. The van der Waals surface area contributed by atoms with E-state index in [0.717, 1.165) is 5.56 Å². The molecule has 0 aliphatic heterocycles. The molecule has 2 nitrogen and oxygen atoms in total. The van der Waals surface area contributed by atoms with Crippen LogP contribution in [-0.2, 0) is 6.54 Å². The number of hydrogen-bond donors (Lipinski definition) is 1. The van der Waals surface area contributed by atoms with Gasteiger partial charge in [-0.15, -0.1) is 0 Å². The molecule has 1 rings (SSSR count). The van der Waals surface area contributed by atoms with Crippen molar-refractivity contribution in [3.8, 4) is 0 Å². The number of hydrogen-bond acceptors (Lipinski definition) is 2. The first-order valence-electron chi connectivity index (χ1n) is 4.17. The molecule has 1 aromatic rings. The highest BCUT2D eigenvalue weighted by molar-refractivity contribution is 5.17. The van der Waals surface area contributed by atoms with Crippen LogP contribution in [0.15, 0.2) is 18.3 Å². The monoisotopic (exact) mass is 204 g/mol. The normalized spacial score (nSPS) is 11.7. The van der Waals surface area contributed by atoms with Crippen molar-refractivity contribution in [3.63, 3.8) is 0 Å². The number of halogens is 3. The molecular weight excluding hydrogens is 193 g/mol. The van der Waals surface area contributed by atoms with Crippen LogP contribution in [0.5, 0.6) is 0 Å². The SMILES string of the molecule is Cc1cccnc1CNCC(F)(F)F. The fourth-order valence-corrected chi connectivity index (χ4v) is 1.03. The summed E-state index contributed by atoms with van der Waals surface area (Å²) in [5.74, 6) is 0. The quantitative estimate of drug-likeness (QED) is 0.815. The second-order valence-corrected chi connectivity index (χ2v) is 2.99. The van der Waals surface area contributed by atoms with Crippen molar-refractivity contribution < 1.29 is 13.2 Å². The molecule has 0 bridgehead atoms. The average molecular weight is 204 g/mol. The van der Waals surface area contributed by atoms with E-state index in [0.29, 0.717) is 5.69 Å². The average Bonchev–Trinajstić information content (AvgIpc) is 2.06. The molecule has 0 fully saturated rings. The van der Waals surface area contributed by atoms with Gasteiger partial charge in [0.2, 0.25) is 0 Å². The zero-order valence-electron chi connectivity index (χ0n) is 7.73. The third kappa shape index (κ3) is 3.74. The number of nitrogens with one attached hydrogen (secondary N) is 1. The molecule has 1 N–H and O–H groups in total. The maximum Gasteiger partial charge on any atom is 0.401 e. The molecule has 0 aliphatic rings. The van der Waals surface area contributed by atoms with Gasteiger partial charge in [0.05, 0.1) is 12.2 Å². The molecule has 5 heteroatoms. The molecule has 0 saturated carbocycles. The van der Waals surface area contributed by atoms with Crippen molar-refractivity contribution in [1.29, 1.82) is 0 Å². The highest BCUT2D eigenvalue weighted by Crippen LogP contribution is 2.12. The lowest BCUT2D eigenvalue weighted by atomic mass is 10.2. The Hall–Kier alpha value is -1.10. The lowest BCUT2D eigenvalue weighted by Crippen LogP contribution is -2.28. The summed E-state index contributed by atoms with van der Waals surface area (Å²) in [7, 11) is 0. The van der Waals surface area contributed by atoms with Gasteiger partial charge in [0.25, 0.3) is 0 Å². The minimum atomic E-state index is -4.16. The minimum Gasteiger partial charge on any atom is -0.303 e. The number of nitrogens with zero attached hydrogens (tertiary/aromatic N) is 1. The van der Waals surface area contributed by atoms with E-state index in [1.165, 1.54) is 0 Å². The first-order valence-corrected chi connectivity index (χ1v) is 4.17. The van der Waals surface area contributed by atoms with Crippen molar-refractivity contribution in [2.75, 3.05) is 6.54 Å². The fraction of sp³-hybridized carbons (Fsp3) is 0.444. The third-order valence-corrected chi connectivity index (χ3v) is 1.74. The van der Waals surface area contributed by atoms with Crippen LogP contribution in [0.2, 0.25) is 0 Å². The summed E-state index contributed by atoms with van der Waals surface area (Å²) in [5.41, 5.74) is 1.54. The molecule has 0 radical (unpaired) electrons. The summed E-state index contributed by atoms with van der Waals surface area (Å²) < 4.78 is 35.3. The molecular formula is C9H11F3N2. The summed E-state index contributed by atoms with van der Waals surface area (Å²) in [6.45, 7) is 0.979. The molecule has 14 heavy (non-hydrogen) atoms. The second-order valence-electron chi connectivity index (χ2n) is 2.99. The smallest absolute Gasteiger partial charge is 0.303 e. The summed E-state index contributed by atoms with van der Waals surface area (Å²) in [4.78, 5) is 3.97. The van der Waals surface area contributed by atoms with E-state index < -0.39 is 12.7 Å². The van der Waals surface area contributed by atoms with Gasteiger partial charge >= 0.3 is 6.18 Å². The van der Waals surface area contributed by atoms with Crippen molar-refractivity contribution in [2.45, 2.75) is 19.6 Å². The standard InChI is InChI=1S/C9H11F3N2/c1-7-3-2-4-14-8(7)5-13-6-9(10,11)12/h2-4,13H,5-6H2,1H3. The van der Waals surface area contributed by atoms with Crippen molar-refractivity contribution in [3.05, 3.63) is 29.6 Å². The first kappa shape index (κ1) is 11.0. The summed E-state index contributed by atoms with van der Waals surface area (Å²) in [6.07, 6.45) is -2.60. The summed E-state index contributed by atoms with van der Waals surface area (Å²) in [5, 5.41) is 2.29. The number of rotatable bonds is 3. The molecule has 1 aromatic heterocycles. The number of aromatic nitrogens is 1. The molecule has 0 atom stereocenters. The van der Waals surface area contributed by atoms with Gasteiger partial charge in [-0.25, -0.2) is 0 Å². The molecule has 0 spiro atoms. The van der Waals surface area contributed by atoms with E-state index in [1.807, 2.05) is 13.0 Å². The largest absolute Gasteiger partial charge is 0.401 e. The van der Waals surface area contributed by atoms with E-state index in [4.69, 9.17) is 0 Å². The molecule has 0 aromatic carbocycles. The van der Waals surface area contributed by atoms with Crippen LogP contribution >= 0.6 is 0 Å². The van der Waals surface area contributed by atoms with Crippen LogP contribution in [0.4, 0.5) is 13.2 Å². The number of aryl methyl sites for hydroxylation is 1. The van der Waals surface area contributed by atoms with Crippen LogP contribution in [0.1, 0.15) is 11.3 Å². The molecule has 0 saturated heterocycles. The zero-order chi connectivity index (χ0) is 10.6. The van der Waals surface area contributed by atoms with E-state index in [1.54, 1.807) is 12.3 Å². The predicted octanol–water partition coefficient (Wildman–Crippen LogP) is 2.04. The van der Waals surface area contributed by atoms with Crippen LogP contribution < -0.4 is 5.32 Å². The number of alkyl halides is 3. The van der Waals surface area contributed by atoms with Gasteiger partial charge < -0.3 is 5.32 Å². The van der Waals surface area contributed by atoms with Gasteiger partial charge in [-0.05, 0) is 18.6 Å². The lowest BCUT2D eigenvalue weighted by Gasteiger charge is -2.08. The topological polar surface area (TPSA) is 24.9 Å². The van der Waals surface area contributed by atoms with Crippen LogP contribution in [0.3, 0.4) is 0 Å². The third-order valence-electron chi connectivity index (χ3n) is 1.74. The van der Waals surface area contributed by atoms with E-state index >= 15 is 0 Å².